The van der Waals surface area contributed by atoms with Gasteiger partial charge in [-0.05, 0) is 6.42 Å². The van der Waals surface area contributed by atoms with Crippen molar-refractivity contribution in [1.29, 1.82) is 0 Å². The molecule has 12 heavy (non-hydrogen) atoms. The molecule has 68 valence electrons. The van der Waals surface area contributed by atoms with E-state index in [1.54, 1.807) is 0 Å². The number of hydrogen-bond donors (Lipinski definition) is 0. The Morgan fingerprint density at radius 3 is 3.17 bits per heavy atom. The maximum Gasteiger partial charge on any atom is 0.305 e. The summed E-state index contributed by atoms with van der Waals surface area (Å²) in [5.41, 5.74) is 0. The standard InChI is InChI=1S/C8H13NO3/c1-11-8(10)4-2-3-7-9-5-6-12-7/h2-6H2,1H3. The molecule has 4 heteroatoms. The van der Waals surface area contributed by atoms with Gasteiger partial charge < -0.3 is 9.47 Å². The third-order valence-corrected chi connectivity index (χ3v) is 1.65. The van der Waals surface area contributed by atoms with Crippen molar-refractivity contribution in [3.63, 3.8) is 0 Å². The number of aliphatic imine (C=N–C) groups is 1. The third-order valence-electron chi connectivity index (χ3n) is 1.65. The molecule has 0 aliphatic carbocycles. The largest absolute Gasteiger partial charge is 0.479 e. The number of ether oxygens (including phenoxy) is 2. The Morgan fingerprint density at radius 1 is 1.75 bits per heavy atom. The smallest absolute Gasteiger partial charge is 0.305 e. The molecule has 1 rings (SSSR count). The van der Waals surface area contributed by atoms with E-state index in [9.17, 15) is 4.79 Å². The second-order valence-corrected chi connectivity index (χ2v) is 2.55. The first-order valence-electron chi connectivity index (χ1n) is 4.06. The number of nitrogens with zero attached hydrogens (tertiary/aromatic N) is 1. The predicted octanol–water partition coefficient (Wildman–Crippen LogP) is 0.758. The van der Waals surface area contributed by atoms with Crippen molar-refractivity contribution < 1.29 is 14.3 Å². The number of carbonyl (C=O) groups excluding carboxylic acids is 1. The van der Waals surface area contributed by atoms with E-state index in [0.29, 0.717) is 13.0 Å². The van der Waals surface area contributed by atoms with Gasteiger partial charge in [-0.25, -0.2) is 0 Å². The van der Waals surface area contributed by atoms with Crippen molar-refractivity contribution in [3.05, 3.63) is 0 Å². The minimum Gasteiger partial charge on any atom is -0.479 e. The molecule has 0 saturated heterocycles. The zero-order valence-corrected chi connectivity index (χ0v) is 7.21. The second-order valence-electron chi connectivity index (χ2n) is 2.55. The molecule has 0 unspecified atom stereocenters. The number of rotatable bonds is 4. The lowest BCUT2D eigenvalue weighted by atomic mass is 10.2. The summed E-state index contributed by atoms with van der Waals surface area (Å²) in [6.07, 6.45) is 1.94. The molecule has 4 nitrogen and oxygen atoms in total. The first-order valence-corrected chi connectivity index (χ1v) is 4.06. The van der Waals surface area contributed by atoms with Crippen LogP contribution in [0.25, 0.3) is 0 Å². The summed E-state index contributed by atoms with van der Waals surface area (Å²) >= 11 is 0. The maximum absolute atomic E-state index is 10.7. The topological polar surface area (TPSA) is 47.9 Å². The fourth-order valence-electron chi connectivity index (χ4n) is 1.02. The van der Waals surface area contributed by atoms with E-state index in [2.05, 4.69) is 9.73 Å². The first-order chi connectivity index (χ1) is 5.83. The van der Waals surface area contributed by atoms with E-state index in [-0.39, 0.29) is 5.97 Å². The molecule has 0 amide bonds. The van der Waals surface area contributed by atoms with Crippen molar-refractivity contribution in [3.8, 4) is 0 Å². The van der Waals surface area contributed by atoms with Gasteiger partial charge in [0, 0.05) is 12.8 Å². The van der Waals surface area contributed by atoms with E-state index in [1.807, 2.05) is 0 Å². The quantitative estimate of drug-likeness (QED) is 0.586. The predicted molar refractivity (Wildman–Crippen MR) is 44.1 cm³/mol. The van der Waals surface area contributed by atoms with E-state index in [0.717, 1.165) is 25.3 Å². The fraction of sp³-hybridized carbons (Fsp3) is 0.750. The van der Waals surface area contributed by atoms with Gasteiger partial charge in [0.2, 0.25) is 0 Å². The zero-order valence-electron chi connectivity index (χ0n) is 7.21. The van der Waals surface area contributed by atoms with Crippen LogP contribution in [0.2, 0.25) is 0 Å². The number of carbonyl (C=O) groups is 1. The Labute approximate surface area is 71.6 Å². The van der Waals surface area contributed by atoms with Gasteiger partial charge in [0.25, 0.3) is 0 Å². The summed E-state index contributed by atoms with van der Waals surface area (Å²) in [6, 6.07) is 0. The molecule has 0 aromatic rings. The first kappa shape index (κ1) is 9.03. The van der Waals surface area contributed by atoms with Crippen LogP contribution in [-0.2, 0) is 14.3 Å². The molecule has 0 aromatic carbocycles. The summed E-state index contributed by atoms with van der Waals surface area (Å²) in [5.74, 6) is 0.604. The molecule has 0 atom stereocenters. The molecule has 0 spiro atoms. The van der Waals surface area contributed by atoms with Gasteiger partial charge >= 0.3 is 5.97 Å². The van der Waals surface area contributed by atoms with E-state index in [1.165, 1.54) is 7.11 Å². The Balaban J connectivity index is 2.05. The van der Waals surface area contributed by atoms with Crippen LogP contribution in [-0.4, -0.2) is 32.1 Å². The van der Waals surface area contributed by atoms with Crippen LogP contribution in [0.3, 0.4) is 0 Å². The van der Waals surface area contributed by atoms with Gasteiger partial charge in [-0.3, -0.25) is 9.79 Å². The van der Waals surface area contributed by atoms with Crippen molar-refractivity contribution in [2.75, 3.05) is 20.3 Å². The number of esters is 1. The number of hydrogen-bond acceptors (Lipinski definition) is 4. The summed E-state index contributed by atoms with van der Waals surface area (Å²) < 4.78 is 9.66. The summed E-state index contributed by atoms with van der Waals surface area (Å²) in [5, 5.41) is 0. The molecule has 0 bridgehead atoms. The highest BCUT2D eigenvalue weighted by molar-refractivity contribution is 5.78. The van der Waals surface area contributed by atoms with Gasteiger partial charge in [-0.1, -0.05) is 0 Å². The lowest BCUT2D eigenvalue weighted by Crippen LogP contribution is -2.03. The van der Waals surface area contributed by atoms with Crippen LogP contribution in [0.15, 0.2) is 4.99 Å². The van der Waals surface area contributed by atoms with Crippen molar-refractivity contribution in [1.82, 2.24) is 0 Å². The molecular formula is C8H13NO3. The van der Waals surface area contributed by atoms with E-state index in [4.69, 9.17) is 4.74 Å². The normalized spacial score (nSPS) is 15.2. The molecule has 1 aliphatic heterocycles. The fourth-order valence-corrected chi connectivity index (χ4v) is 1.02. The van der Waals surface area contributed by atoms with Gasteiger partial charge in [-0.15, -0.1) is 0 Å². The van der Waals surface area contributed by atoms with Gasteiger partial charge in [0.1, 0.15) is 6.61 Å². The highest BCUT2D eigenvalue weighted by atomic mass is 16.5. The van der Waals surface area contributed by atoms with Crippen LogP contribution in [0.5, 0.6) is 0 Å². The Kier molecular flexibility index (Phi) is 3.57. The van der Waals surface area contributed by atoms with E-state index < -0.39 is 0 Å². The average Bonchev–Trinajstić information content (AvgIpc) is 2.57. The zero-order chi connectivity index (χ0) is 8.81. The molecular weight excluding hydrogens is 158 g/mol. The molecule has 0 N–H and O–H groups in total. The molecule has 0 saturated carbocycles. The molecule has 1 heterocycles. The van der Waals surface area contributed by atoms with Crippen LogP contribution in [0, 0.1) is 0 Å². The monoisotopic (exact) mass is 171 g/mol. The third kappa shape index (κ3) is 2.90. The minimum absolute atomic E-state index is 0.173. The van der Waals surface area contributed by atoms with Gasteiger partial charge in [-0.2, -0.15) is 0 Å². The van der Waals surface area contributed by atoms with Crippen molar-refractivity contribution >= 4 is 11.9 Å². The van der Waals surface area contributed by atoms with Crippen LogP contribution < -0.4 is 0 Å². The summed E-state index contributed by atoms with van der Waals surface area (Å²) in [6.45, 7) is 1.45. The van der Waals surface area contributed by atoms with Crippen molar-refractivity contribution in [2.45, 2.75) is 19.3 Å². The Morgan fingerprint density at radius 2 is 2.58 bits per heavy atom. The highest BCUT2D eigenvalue weighted by Crippen LogP contribution is 2.04. The Hall–Kier alpha value is -1.06. The van der Waals surface area contributed by atoms with Crippen LogP contribution in [0.1, 0.15) is 19.3 Å². The summed E-state index contributed by atoms with van der Waals surface area (Å²) in [4.78, 5) is 14.8. The maximum atomic E-state index is 10.7. The van der Waals surface area contributed by atoms with Crippen LogP contribution in [0.4, 0.5) is 0 Å². The second kappa shape index (κ2) is 4.74. The average molecular weight is 171 g/mol. The molecule has 0 fully saturated rings. The van der Waals surface area contributed by atoms with Crippen LogP contribution >= 0.6 is 0 Å². The lowest BCUT2D eigenvalue weighted by molar-refractivity contribution is -0.140. The van der Waals surface area contributed by atoms with E-state index >= 15 is 0 Å². The highest BCUT2D eigenvalue weighted by Gasteiger charge is 2.07. The molecule has 1 aliphatic rings. The Bertz CT molecular complexity index is 189. The SMILES string of the molecule is COC(=O)CCCC1=NCCO1. The van der Waals surface area contributed by atoms with Crippen molar-refractivity contribution in [2.24, 2.45) is 4.99 Å². The summed E-state index contributed by atoms with van der Waals surface area (Å²) in [7, 11) is 1.39. The lowest BCUT2D eigenvalue weighted by Gasteiger charge is -2.00. The minimum atomic E-state index is -0.173. The van der Waals surface area contributed by atoms with Gasteiger partial charge in [0.15, 0.2) is 5.90 Å². The molecule has 0 radical (unpaired) electrons. The molecule has 0 aromatic heterocycles. The van der Waals surface area contributed by atoms with Gasteiger partial charge in [0.05, 0.1) is 13.7 Å². The number of methoxy groups -OCH3 is 1.